The third-order valence-electron chi connectivity index (χ3n) is 11.1. The summed E-state index contributed by atoms with van der Waals surface area (Å²) in [6, 6.07) is 33.2. The molecule has 298 valence electrons. The van der Waals surface area contributed by atoms with Crippen molar-refractivity contribution in [2.75, 3.05) is 31.6 Å². The maximum atomic E-state index is 15.4. The van der Waals surface area contributed by atoms with Crippen LogP contribution in [-0.4, -0.2) is 71.2 Å². The van der Waals surface area contributed by atoms with Crippen LogP contribution in [0.4, 0.5) is 10.5 Å². The van der Waals surface area contributed by atoms with E-state index in [0.717, 1.165) is 16.8 Å². The SMILES string of the molecule is NC(=O)NCC#Cc1ccc2c(c1)C1(C(=O)N2)C(C(=O)NCCc2ccccn2)C2C(=O)OC(c3ccccc3)C(c3ccccc3)N2C1c1ccccc1OCCO. The molecule has 3 aliphatic rings. The lowest BCUT2D eigenvalue weighted by Gasteiger charge is -2.46. The van der Waals surface area contributed by atoms with Crippen molar-refractivity contribution in [2.45, 2.75) is 36.1 Å². The van der Waals surface area contributed by atoms with Gasteiger partial charge in [-0.25, -0.2) is 4.79 Å². The van der Waals surface area contributed by atoms with Crippen LogP contribution in [0.25, 0.3) is 0 Å². The van der Waals surface area contributed by atoms with Crippen LogP contribution < -0.4 is 26.4 Å². The first kappa shape index (κ1) is 38.8. The molecule has 5 aromatic rings. The molecule has 1 spiro atoms. The second-order valence-corrected chi connectivity index (χ2v) is 14.5. The maximum Gasteiger partial charge on any atom is 0.324 e. The van der Waals surface area contributed by atoms with Crippen LogP contribution in [0.2, 0.25) is 0 Å². The summed E-state index contributed by atoms with van der Waals surface area (Å²) in [5.41, 5.74) is 7.69. The maximum absolute atomic E-state index is 15.4. The average Bonchev–Trinajstić information content (AvgIpc) is 3.74. The van der Waals surface area contributed by atoms with Gasteiger partial charge in [0.05, 0.1) is 31.2 Å². The molecule has 2 saturated heterocycles. The van der Waals surface area contributed by atoms with Crippen LogP contribution in [0.1, 0.15) is 51.7 Å². The van der Waals surface area contributed by atoms with Crippen LogP contribution in [0, 0.1) is 17.8 Å². The van der Waals surface area contributed by atoms with E-state index in [9.17, 15) is 9.90 Å². The Bertz CT molecular complexity index is 2420. The Morgan fingerprint density at radius 2 is 1.63 bits per heavy atom. The van der Waals surface area contributed by atoms with Gasteiger partial charge < -0.3 is 36.3 Å². The minimum atomic E-state index is -1.78. The summed E-state index contributed by atoms with van der Waals surface area (Å²) in [5.74, 6) is 3.28. The Labute approximate surface area is 340 Å². The summed E-state index contributed by atoms with van der Waals surface area (Å²) < 4.78 is 12.7. The molecule has 0 radical (unpaired) electrons. The number of nitrogens with one attached hydrogen (secondary N) is 3. The molecule has 6 N–H and O–H groups in total. The van der Waals surface area contributed by atoms with E-state index in [1.54, 1.807) is 36.5 Å². The summed E-state index contributed by atoms with van der Waals surface area (Å²) in [7, 11) is 0. The molecule has 13 heteroatoms. The van der Waals surface area contributed by atoms with E-state index >= 15 is 14.4 Å². The number of rotatable bonds is 11. The second kappa shape index (κ2) is 16.8. The number of ether oxygens (including phenoxy) is 2. The van der Waals surface area contributed by atoms with Gasteiger partial charge >= 0.3 is 12.0 Å². The van der Waals surface area contributed by atoms with Crippen LogP contribution in [0.5, 0.6) is 5.75 Å². The molecule has 6 atom stereocenters. The Kier molecular flexibility index (Phi) is 11.1. The minimum Gasteiger partial charge on any atom is -0.491 e. The van der Waals surface area contributed by atoms with Crippen molar-refractivity contribution >= 4 is 29.5 Å². The molecule has 2 fully saturated rings. The third-order valence-corrected chi connectivity index (χ3v) is 11.1. The van der Waals surface area contributed by atoms with E-state index in [1.807, 2.05) is 95.9 Å². The van der Waals surface area contributed by atoms with Crippen LogP contribution in [0.15, 0.2) is 128 Å². The largest absolute Gasteiger partial charge is 0.491 e. The first-order valence-electron chi connectivity index (χ1n) is 19.4. The van der Waals surface area contributed by atoms with Gasteiger partial charge in [0.2, 0.25) is 11.8 Å². The van der Waals surface area contributed by atoms with Crippen molar-refractivity contribution in [3.63, 3.8) is 0 Å². The Morgan fingerprint density at radius 3 is 2.36 bits per heavy atom. The number of cyclic esters (lactones) is 1. The zero-order chi connectivity index (χ0) is 40.9. The standard InChI is InChI=1S/C46H42N6O7/c47-45(57)50-24-11-12-29-20-21-35-34(28-29)46(44(56)51-35)37(42(54)49-25-22-32-17-9-10-23-48-32)39-43(55)59-40(31-15-5-2-6-16-31)38(30-13-3-1-4-14-30)52(39)41(46)33-18-7-8-19-36(33)58-27-26-53/h1-10,13-21,23,28,37-41,53H,22,24-27H2,(H,49,54)(H,51,56)(H3,47,50,57). The molecule has 4 amide bonds. The van der Waals surface area contributed by atoms with Crippen LogP contribution >= 0.6 is 0 Å². The Balaban J connectivity index is 1.39. The monoisotopic (exact) mass is 790 g/mol. The van der Waals surface area contributed by atoms with Crippen LogP contribution in [-0.2, 0) is 31.0 Å². The normalized spacial score (nSPS) is 22.9. The first-order chi connectivity index (χ1) is 28.8. The number of urea groups is 1. The lowest BCUT2D eigenvalue weighted by Crippen LogP contribution is -2.55. The number of anilines is 1. The number of morpholine rings is 1. The molecule has 8 rings (SSSR count). The third kappa shape index (κ3) is 7.24. The minimum absolute atomic E-state index is 0.0183. The van der Waals surface area contributed by atoms with E-state index in [-0.39, 0.29) is 26.3 Å². The second-order valence-electron chi connectivity index (χ2n) is 14.5. The number of aliphatic hydroxyl groups excluding tert-OH is 1. The summed E-state index contributed by atoms with van der Waals surface area (Å²) in [4.78, 5) is 63.4. The fourth-order valence-corrected chi connectivity index (χ4v) is 8.88. The quantitative estimate of drug-likeness (QED) is 0.0971. The number of aromatic nitrogens is 1. The predicted molar refractivity (Wildman–Crippen MR) is 218 cm³/mol. The van der Waals surface area contributed by atoms with Crippen molar-refractivity contribution in [1.29, 1.82) is 0 Å². The Hall–Kier alpha value is -7.01. The number of benzene rings is 4. The van der Waals surface area contributed by atoms with Gasteiger partial charge in [-0.3, -0.25) is 24.3 Å². The zero-order valence-corrected chi connectivity index (χ0v) is 31.9. The first-order valence-corrected chi connectivity index (χ1v) is 19.4. The van der Waals surface area contributed by atoms with Gasteiger partial charge in [0, 0.05) is 41.7 Å². The number of hydrogen-bond acceptors (Lipinski definition) is 9. The molecule has 0 aliphatic carbocycles. The Morgan fingerprint density at radius 1 is 0.898 bits per heavy atom. The number of hydrogen-bond donors (Lipinski definition) is 5. The van der Waals surface area contributed by atoms with Gasteiger partial charge in [-0.2, -0.15) is 0 Å². The number of para-hydroxylation sites is 1. The van der Waals surface area contributed by atoms with E-state index in [4.69, 9.17) is 15.2 Å². The highest BCUT2D eigenvalue weighted by Crippen LogP contribution is 2.65. The topological polar surface area (TPSA) is 185 Å². The number of nitrogens with two attached hydrogens (primary N) is 1. The summed E-state index contributed by atoms with van der Waals surface area (Å²) in [6.07, 6.45) is 1.23. The molecular formula is C46H42N6O7. The van der Waals surface area contributed by atoms with E-state index < -0.39 is 59.4 Å². The van der Waals surface area contributed by atoms with Crippen molar-refractivity contribution in [3.8, 4) is 17.6 Å². The van der Waals surface area contributed by atoms with Crippen molar-refractivity contribution in [3.05, 3.63) is 161 Å². The molecule has 6 unspecified atom stereocenters. The number of amides is 4. The molecule has 13 nitrogen and oxygen atoms in total. The van der Waals surface area contributed by atoms with Crippen molar-refractivity contribution in [1.82, 2.24) is 20.5 Å². The van der Waals surface area contributed by atoms with Gasteiger partial charge in [-0.1, -0.05) is 96.8 Å². The molecule has 4 aromatic carbocycles. The van der Waals surface area contributed by atoms with Gasteiger partial charge in [-0.05, 0) is 53.1 Å². The van der Waals surface area contributed by atoms with E-state index in [2.05, 4.69) is 32.8 Å². The summed E-state index contributed by atoms with van der Waals surface area (Å²) >= 11 is 0. The fraction of sp³-hybridized carbons (Fsp3) is 0.239. The zero-order valence-electron chi connectivity index (χ0n) is 31.9. The lowest BCUT2D eigenvalue weighted by atomic mass is 9.65. The van der Waals surface area contributed by atoms with Gasteiger partial charge in [0.1, 0.15) is 29.9 Å². The van der Waals surface area contributed by atoms with E-state index in [0.29, 0.717) is 34.5 Å². The number of primary amides is 1. The highest BCUT2D eigenvalue weighted by Gasteiger charge is 2.74. The predicted octanol–water partition coefficient (Wildman–Crippen LogP) is 4.10. The molecule has 59 heavy (non-hydrogen) atoms. The smallest absolute Gasteiger partial charge is 0.324 e. The van der Waals surface area contributed by atoms with Gasteiger partial charge in [0.25, 0.3) is 0 Å². The number of carbonyl (C=O) groups is 4. The number of nitrogens with zero attached hydrogens (tertiary/aromatic N) is 2. The molecule has 4 heterocycles. The molecular weight excluding hydrogens is 749 g/mol. The number of aliphatic hydroxyl groups is 1. The van der Waals surface area contributed by atoms with E-state index in [1.165, 1.54) is 0 Å². The van der Waals surface area contributed by atoms with Crippen molar-refractivity contribution < 1.29 is 33.8 Å². The number of esters is 1. The molecule has 1 aromatic heterocycles. The molecule has 0 saturated carbocycles. The van der Waals surface area contributed by atoms with Crippen molar-refractivity contribution in [2.24, 2.45) is 11.7 Å². The van der Waals surface area contributed by atoms with Gasteiger partial charge in [-0.15, -0.1) is 0 Å². The number of pyridine rings is 1. The van der Waals surface area contributed by atoms with Crippen LogP contribution in [0.3, 0.4) is 0 Å². The highest BCUT2D eigenvalue weighted by atomic mass is 16.6. The summed E-state index contributed by atoms with van der Waals surface area (Å²) in [6.45, 7) is -0.165. The lowest BCUT2D eigenvalue weighted by molar-refractivity contribution is -0.178. The number of carbonyl (C=O) groups excluding carboxylic acids is 4. The van der Waals surface area contributed by atoms with Gasteiger partial charge in [0.15, 0.2) is 0 Å². The number of fused-ring (bicyclic) bond motifs is 3. The summed E-state index contributed by atoms with van der Waals surface area (Å²) in [5, 5.41) is 18.5. The molecule has 0 bridgehead atoms. The highest BCUT2D eigenvalue weighted by molar-refractivity contribution is 6.12. The molecule has 3 aliphatic heterocycles. The fourth-order valence-electron chi connectivity index (χ4n) is 8.88. The average molecular weight is 791 g/mol.